The summed E-state index contributed by atoms with van der Waals surface area (Å²) in [6.45, 7) is 7.64. The summed E-state index contributed by atoms with van der Waals surface area (Å²) in [5.41, 5.74) is 0.897. The molecule has 5 rings (SSSR count). The van der Waals surface area contributed by atoms with Crippen molar-refractivity contribution in [1.82, 2.24) is 24.9 Å². The maximum atomic E-state index is 4.83. The van der Waals surface area contributed by atoms with E-state index in [4.69, 9.17) is 9.97 Å². The van der Waals surface area contributed by atoms with Gasteiger partial charge in [-0.25, -0.2) is 15.0 Å². The average Bonchev–Trinajstić information content (AvgIpc) is 3.28. The summed E-state index contributed by atoms with van der Waals surface area (Å²) >= 11 is 0. The van der Waals surface area contributed by atoms with Gasteiger partial charge in [0.2, 0.25) is 5.95 Å². The summed E-state index contributed by atoms with van der Waals surface area (Å²) in [5, 5.41) is 1.06. The third-order valence-corrected chi connectivity index (χ3v) is 5.51. The fourth-order valence-electron chi connectivity index (χ4n) is 4.05. The Balaban J connectivity index is 1.34. The molecule has 8 nitrogen and oxygen atoms in total. The van der Waals surface area contributed by atoms with E-state index in [-0.39, 0.29) is 0 Å². The van der Waals surface area contributed by atoms with Crippen LogP contribution in [0.2, 0.25) is 0 Å². The second kappa shape index (κ2) is 7.18. The zero-order valence-electron chi connectivity index (χ0n) is 16.1. The van der Waals surface area contributed by atoms with Crippen molar-refractivity contribution in [3.63, 3.8) is 0 Å². The third-order valence-electron chi connectivity index (χ3n) is 5.51. The first-order valence-corrected chi connectivity index (χ1v) is 9.94. The fraction of sp³-hybridized carbons (Fsp3) is 0.450. The topological polar surface area (TPSA) is 74.2 Å². The van der Waals surface area contributed by atoms with Crippen molar-refractivity contribution in [3.8, 4) is 0 Å². The second-order valence-corrected chi connectivity index (χ2v) is 7.37. The van der Waals surface area contributed by atoms with Crippen LogP contribution in [0, 0.1) is 6.92 Å². The molecule has 0 spiro atoms. The molecule has 0 atom stereocenters. The standard InChI is InChI=1S/C20H24N8/c1-15-23-17-14-21-6-4-16(17)19(24-15)27-10-12-28(13-11-27)20-22-7-5-18(25-20)26-8-2-3-9-26/h4-7,14H,2-3,8-13H2,1H3. The predicted molar refractivity (Wildman–Crippen MR) is 110 cm³/mol. The molecule has 2 aliphatic heterocycles. The number of aromatic nitrogens is 5. The van der Waals surface area contributed by atoms with E-state index in [1.807, 2.05) is 31.5 Å². The van der Waals surface area contributed by atoms with E-state index in [9.17, 15) is 0 Å². The number of hydrogen-bond donors (Lipinski definition) is 0. The first kappa shape index (κ1) is 17.1. The molecule has 0 aliphatic carbocycles. The Labute approximate surface area is 164 Å². The van der Waals surface area contributed by atoms with Crippen molar-refractivity contribution < 1.29 is 0 Å². The van der Waals surface area contributed by atoms with Gasteiger partial charge in [0.1, 0.15) is 17.5 Å². The molecule has 2 fully saturated rings. The molecule has 144 valence electrons. The lowest BCUT2D eigenvalue weighted by molar-refractivity contribution is 0.634. The van der Waals surface area contributed by atoms with Crippen molar-refractivity contribution >= 4 is 28.5 Å². The Hall–Kier alpha value is -3.03. The van der Waals surface area contributed by atoms with Gasteiger partial charge in [0.25, 0.3) is 0 Å². The van der Waals surface area contributed by atoms with E-state index in [1.54, 1.807) is 6.20 Å². The van der Waals surface area contributed by atoms with Crippen LogP contribution in [0.15, 0.2) is 30.7 Å². The SMILES string of the molecule is Cc1nc(N2CCN(c3nccc(N4CCCC4)n3)CC2)c2ccncc2n1. The van der Waals surface area contributed by atoms with Gasteiger partial charge in [-0.05, 0) is 31.9 Å². The molecular formula is C20H24N8. The average molecular weight is 376 g/mol. The summed E-state index contributed by atoms with van der Waals surface area (Å²) in [6, 6.07) is 4.02. The molecular weight excluding hydrogens is 352 g/mol. The number of aryl methyl sites for hydroxylation is 1. The van der Waals surface area contributed by atoms with Gasteiger partial charge in [-0.15, -0.1) is 0 Å². The summed E-state index contributed by atoms with van der Waals surface area (Å²) in [5.74, 6) is 3.66. The third kappa shape index (κ3) is 3.19. The highest BCUT2D eigenvalue weighted by atomic mass is 15.3. The molecule has 2 saturated heterocycles. The van der Waals surface area contributed by atoms with E-state index in [0.29, 0.717) is 0 Å². The number of nitrogens with zero attached hydrogens (tertiary/aromatic N) is 8. The number of piperazine rings is 1. The number of rotatable bonds is 3. The highest BCUT2D eigenvalue weighted by molar-refractivity contribution is 5.88. The van der Waals surface area contributed by atoms with Gasteiger partial charge in [-0.3, -0.25) is 4.98 Å². The van der Waals surface area contributed by atoms with Gasteiger partial charge in [-0.2, -0.15) is 4.98 Å². The van der Waals surface area contributed by atoms with E-state index in [1.165, 1.54) is 12.8 Å². The predicted octanol–water partition coefficient (Wildman–Crippen LogP) is 2.05. The van der Waals surface area contributed by atoms with Crippen molar-refractivity contribution in [1.29, 1.82) is 0 Å². The Morgan fingerprint density at radius 3 is 2.39 bits per heavy atom. The summed E-state index contributed by atoms with van der Waals surface area (Å²) in [7, 11) is 0. The van der Waals surface area contributed by atoms with Gasteiger partial charge in [0, 0.05) is 57.0 Å². The Bertz CT molecular complexity index is 977. The lowest BCUT2D eigenvalue weighted by Crippen LogP contribution is -2.47. The number of hydrogen-bond acceptors (Lipinski definition) is 8. The van der Waals surface area contributed by atoms with Gasteiger partial charge in [-0.1, -0.05) is 0 Å². The molecule has 3 aromatic heterocycles. The largest absolute Gasteiger partial charge is 0.356 e. The highest BCUT2D eigenvalue weighted by Crippen LogP contribution is 2.25. The van der Waals surface area contributed by atoms with Crippen LogP contribution >= 0.6 is 0 Å². The maximum absolute atomic E-state index is 4.83. The molecule has 0 N–H and O–H groups in total. The number of anilines is 3. The molecule has 3 aromatic rings. The molecule has 0 radical (unpaired) electrons. The normalized spacial score (nSPS) is 17.5. The second-order valence-electron chi connectivity index (χ2n) is 7.37. The minimum Gasteiger partial charge on any atom is -0.356 e. The monoisotopic (exact) mass is 376 g/mol. The Morgan fingerprint density at radius 2 is 1.57 bits per heavy atom. The summed E-state index contributed by atoms with van der Waals surface area (Å²) in [4.78, 5) is 29.7. The molecule has 0 unspecified atom stereocenters. The molecule has 2 aliphatic rings. The van der Waals surface area contributed by atoms with Gasteiger partial charge in [0.15, 0.2) is 0 Å². The summed E-state index contributed by atoms with van der Waals surface area (Å²) in [6.07, 6.45) is 8.00. The van der Waals surface area contributed by atoms with Gasteiger partial charge >= 0.3 is 0 Å². The first-order valence-electron chi connectivity index (χ1n) is 9.94. The zero-order valence-corrected chi connectivity index (χ0v) is 16.1. The summed E-state index contributed by atoms with van der Waals surface area (Å²) < 4.78 is 0. The van der Waals surface area contributed by atoms with Crippen LogP contribution < -0.4 is 14.7 Å². The first-order chi connectivity index (χ1) is 13.8. The quantitative estimate of drug-likeness (QED) is 0.688. The smallest absolute Gasteiger partial charge is 0.227 e. The van der Waals surface area contributed by atoms with Gasteiger partial charge in [0.05, 0.1) is 11.7 Å². The van der Waals surface area contributed by atoms with E-state index in [0.717, 1.165) is 73.6 Å². The highest BCUT2D eigenvalue weighted by Gasteiger charge is 2.23. The van der Waals surface area contributed by atoms with E-state index >= 15 is 0 Å². The number of pyridine rings is 1. The number of fused-ring (bicyclic) bond motifs is 1. The van der Waals surface area contributed by atoms with Crippen molar-refractivity contribution in [3.05, 3.63) is 36.5 Å². The van der Waals surface area contributed by atoms with Crippen LogP contribution in [0.25, 0.3) is 10.9 Å². The van der Waals surface area contributed by atoms with Gasteiger partial charge < -0.3 is 14.7 Å². The van der Waals surface area contributed by atoms with Crippen molar-refractivity contribution in [2.24, 2.45) is 0 Å². The minimum absolute atomic E-state index is 0.777. The maximum Gasteiger partial charge on any atom is 0.227 e. The van der Waals surface area contributed by atoms with Crippen LogP contribution in [0.4, 0.5) is 17.6 Å². The Kier molecular flexibility index (Phi) is 4.38. The molecule has 0 saturated carbocycles. The molecule has 28 heavy (non-hydrogen) atoms. The molecule has 0 bridgehead atoms. The lowest BCUT2D eigenvalue weighted by atomic mass is 10.2. The molecule has 0 aromatic carbocycles. The minimum atomic E-state index is 0.777. The van der Waals surface area contributed by atoms with E-state index < -0.39 is 0 Å². The van der Waals surface area contributed by atoms with Crippen LogP contribution in [-0.4, -0.2) is 64.2 Å². The van der Waals surface area contributed by atoms with Crippen LogP contribution in [-0.2, 0) is 0 Å². The van der Waals surface area contributed by atoms with Crippen molar-refractivity contribution in [2.75, 3.05) is 54.0 Å². The zero-order chi connectivity index (χ0) is 18.9. The molecule has 0 amide bonds. The molecule has 5 heterocycles. The van der Waals surface area contributed by atoms with Crippen LogP contribution in [0.3, 0.4) is 0 Å². The van der Waals surface area contributed by atoms with Crippen molar-refractivity contribution in [2.45, 2.75) is 19.8 Å². The molecule has 8 heteroatoms. The van der Waals surface area contributed by atoms with E-state index in [2.05, 4.69) is 29.7 Å². The van der Waals surface area contributed by atoms with Crippen LogP contribution in [0.5, 0.6) is 0 Å². The van der Waals surface area contributed by atoms with Crippen LogP contribution in [0.1, 0.15) is 18.7 Å². The lowest BCUT2D eigenvalue weighted by Gasteiger charge is -2.36. The fourth-order valence-corrected chi connectivity index (χ4v) is 4.05. The Morgan fingerprint density at radius 1 is 0.786 bits per heavy atom.